The van der Waals surface area contributed by atoms with E-state index in [4.69, 9.17) is 9.47 Å². The highest BCUT2D eigenvalue weighted by molar-refractivity contribution is 5.91. The van der Waals surface area contributed by atoms with Crippen LogP contribution < -0.4 is 0 Å². The van der Waals surface area contributed by atoms with E-state index >= 15 is 0 Å². The Morgan fingerprint density at radius 3 is 1.44 bits per heavy atom. The van der Waals surface area contributed by atoms with Gasteiger partial charge in [0.15, 0.2) is 0 Å². The molecule has 0 rings (SSSR count). The van der Waals surface area contributed by atoms with Crippen molar-refractivity contribution in [1.29, 1.82) is 0 Å². The average Bonchev–Trinajstić information content (AvgIpc) is 2.65. The molecule has 0 unspecified atom stereocenters. The quantitative estimate of drug-likeness (QED) is 0.147. The van der Waals surface area contributed by atoms with E-state index in [-0.39, 0.29) is 19.6 Å². The largest absolute Gasteiger partial charge is 0.461 e. The van der Waals surface area contributed by atoms with Crippen LogP contribution in [0.2, 0.25) is 0 Å². The molecular formula is C23H36O4. The van der Waals surface area contributed by atoms with E-state index < -0.39 is 11.9 Å². The van der Waals surface area contributed by atoms with Gasteiger partial charge >= 0.3 is 11.9 Å². The average molecular weight is 377 g/mol. The Bertz CT molecular complexity index is 443. The van der Waals surface area contributed by atoms with Crippen molar-refractivity contribution in [2.24, 2.45) is 0 Å². The Balaban J connectivity index is 3.67. The summed E-state index contributed by atoms with van der Waals surface area (Å²) in [6, 6.07) is 0. The van der Waals surface area contributed by atoms with Crippen molar-refractivity contribution in [3.05, 3.63) is 48.6 Å². The molecule has 0 atom stereocenters. The van der Waals surface area contributed by atoms with Gasteiger partial charge in [0.2, 0.25) is 0 Å². The van der Waals surface area contributed by atoms with Crippen LogP contribution in [0, 0.1) is 0 Å². The van der Waals surface area contributed by atoms with Gasteiger partial charge in [-0.3, -0.25) is 9.59 Å². The topological polar surface area (TPSA) is 52.6 Å². The van der Waals surface area contributed by atoms with Gasteiger partial charge in [-0.25, -0.2) is 0 Å². The summed E-state index contributed by atoms with van der Waals surface area (Å²) in [6.07, 6.45) is 24.3. The summed E-state index contributed by atoms with van der Waals surface area (Å²) < 4.78 is 9.92. The zero-order valence-electron chi connectivity index (χ0n) is 17.0. The molecule has 0 saturated heterocycles. The molecule has 0 N–H and O–H groups in total. The molecule has 0 saturated carbocycles. The summed E-state index contributed by atoms with van der Waals surface area (Å²) in [5.41, 5.74) is 0. The van der Waals surface area contributed by atoms with E-state index in [0.29, 0.717) is 0 Å². The van der Waals surface area contributed by atoms with Crippen LogP contribution in [-0.2, 0) is 19.1 Å². The summed E-state index contributed by atoms with van der Waals surface area (Å²) in [6.45, 7) is 4.68. The Morgan fingerprint density at radius 2 is 1.04 bits per heavy atom. The van der Waals surface area contributed by atoms with Gasteiger partial charge in [0.05, 0.1) is 0 Å². The minimum Gasteiger partial charge on any atom is -0.461 e. The Labute approximate surface area is 165 Å². The van der Waals surface area contributed by atoms with Crippen molar-refractivity contribution < 1.29 is 19.1 Å². The highest BCUT2D eigenvalue weighted by Crippen LogP contribution is 2.00. The van der Waals surface area contributed by atoms with Crippen LogP contribution in [0.25, 0.3) is 0 Å². The number of unbranched alkanes of at least 4 members (excludes halogenated alkanes) is 6. The lowest BCUT2D eigenvalue weighted by Crippen LogP contribution is -2.14. The fraction of sp³-hybridized carbons (Fsp3) is 0.565. The number of ether oxygens (including phenoxy) is 2. The van der Waals surface area contributed by atoms with Crippen molar-refractivity contribution in [3.8, 4) is 0 Å². The Kier molecular flexibility index (Phi) is 18.6. The first kappa shape index (κ1) is 24.9. The maximum Gasteiger partial charge on any atom is 0.317 e. The minimum atomic E-state index is -0.573. The summed E-state index contributed by atoms with van der Waals surface area (Å²) >= 11 is 0. The van der Waals surface area contributed by atoms with Crippen LogP contribution in [0.15, 0.2) is 48.6 Å². The summed E-state index contributed by atoms with van der Waals surface area (Å²) in [7, 11) is 0. The molecule has 0 aliphatic carbocycles. The number of rotatable bonds is 16. The molecule has 0 aromatic rings. The lowest BCUT2D eigenvalue weighted by molar-refractivity contribution is -0.153. The summed E-state index contributed by atoms with van der Waals surface area (Å²) in [4.78, 5) is 23.0. The second-order valence-electron chi connectivity index (χ2n) is 6.25. The predicted molar refractivity (Wildman–Crippen MR) is 111 cm³/mol. The fourth-order valence-electron chi connectivity index (χ4n) is 2.14. The third-order valence-corrected chi connectivity index (χ3v) is 3.69. The molecule has 0 aliphatic rings. The van der Waals surface area contributed by atoms with E-state index in [9.17, 15) is 9.59 Å². The predicted octanol–water partition coefficient (Wildman–Crippen LogP) is 5.85. The molecule has 0 radical (unpaired) electrons. The van der Waals surface area contributed by atoms with Gasteiger partial charge in [-0.15, -0.1) is 0 Å². The number of hydrogen-bond donors (Lipinski definition) is 0. The van der Waals surface area contributed by atoms with Crippen LogP contribution in [0.3, 0.4) is 0 Å². The Hall–Kier alpha value is -2.10. The molecule has 4 heteroatoms. The van der Waals surface area contributed by atoms with E-state index in [0.717, 1.165) is 12.8 Å². The van der Waals surface area contributed by atoms with Crippen molar-refractivity contribution in [3.63, 3.8) is 0 Å². The van der Waals surface area contributed by atoms with Gasteiger partial charge in [-0.05, 0) is 37.8 Å². The van der Waals surface area contributed by atoms with Crippen LogP contribution in [-0.4, -0.2) is 25.2 Å². The fourth-order valence-corrected chi connectivity index (χ4v) is 2.14. The van der Waals surface area contributed by atoms with E-state index in [1.54, 1.807) is 12.2 Å². The van der Waals surface area contributed by atoms with Crippen molar-refractivity contribution in [1.82, 2.24) is 0 Å². The van der Waals surface area contributed by atoms with Crippen molar-refractivity contribution in [2.75, 3.05) is 13.2 Å². The van der Waals surface area contributed by atoms with Crippen LogP contribution in [0.5, 0.6) is 0 Å². The number of hydrogen-bond acceptors (Lipinski definition) is 4. The number of carbonyl (C=O) groups is 2. The van der Waals surface area contributed by atoms with Crippen molar-refractivity contribution in [2.45, 2.75) is 71.6 Å². The maximum atomic E-state index is 11.5. The van der Waals surface area contributed by atoms with Crippen molar-refractivity contribution >= 4 is 11.9 Å². The molecule has 0 spiro atoms. The normalized spacial score (nSPS) is 11.9. The minimum absolute atomic E-state index is 0.161. The van der Waals surface area contributed by atoms with E-state index in [2.05, 4.69) is 26.0 Å². The Morgan fingerprint density at radius 1 is 0.630 bits per heavy atom. The molecule has 0 heterocycles. The van der Waals surface area contributed by atoms with Gasteiger partial charge in [-0.2, -0.15) is 0 Å². The molecular weight excluding hydrogens is 340 g/mol. The van der Waals surface area contributed by atoms with Gasteiger partial charge < -0.3 is 9.47 Å². The molecule has 0 aliphatic heterocycles. The number of allylic oxidation sites excluding steroid dienone is 6. The molecule has 0 fully saturated rings. The molecule has 0 aromatic carbocycles. The first-order chi connectivity index (χ1) is 13.2. The summed E-state index contributed by atoms with van der Waals surface area (Å²) in [5, 5.41) is 0. The third kappa shape index (κ3) is 20.1. The number of esters is 2. The molecule has 152 valence electrons. The molecule has 0 aromatic heterocycles. The van der Waals surface area contributed by atoms with Crippen LogP contribution in [0.4, 0.5) is 0 Å². The molecule has 27 heavy (non-hydrogen) atoms. The second kappa shape index (κ2) is 20.2. The maximum absolute atomic E-state index is 11.5. The number of carbonyl (C=O) groups excluding carboxylic acids is 2. The molecule has 4 nitrogen and oxygen atoms in total. The van der Waals surface area contributed by atoms with Crippen LogP contribution in [0.1, 0.15) is 71.6 Å². The van der Waals surface area contributed by atoms with E-state index in [1.165, 1.54) is 38.5 Å². The first-order valence-corrected chi connectivity index (χ1v) is 10.1. The van der Waals surface area contributed by atoms with Gasteiger partial charge in [-0.1, -0.05) is 76.0 Å². The van der Waals surface area contributed by atoms with E-state index in [1.807, 2.05) is 24.3 Å². The van der Waals surface area contributed by atoms with Crippen LogP contribution >= 0.6 is 0 Å². The molecule has 0 bridgehead atoms. The smallest absolute Gasteiger partial charge is 0.317 e. The summed E-state index contributed by atoms with van der Waals surface area (Å²) in [5.74, 6) is -1.15. The highest BCUT2D eigenvalue weighted by atomic mass is 16.6. The lowest BCUT2D eigenvalue weighted by atomic mass is 10.2. The van der Waals surface area contributed by atoms with Gasteiger partial charge in [0, 0.05) is 0 Å². The third-order valence-electron chi connectivity index (χ3n) is 3.69. The monoisotopic (exact) mass is 376 g/mol. The van der Waals surface area contributed by atoms with Gasteiger partial charge in [0.25, 0.3) is 0 Å². The van der Waals surface area contributed by atoms with Gasteiger partial charge in [0.1, 0.15) is 19.6 Å². The standard InChI is InChI=1S/C23H36O4/c1-3-5-7-9-11-13-15-17-19-26-22(24)21-23(25)27-20-18-16-14-12-10-8-6-4-2/h11-18H,3-10,19-21H2,1-2H3/b13-11+,14-12+,17-15+,18-16+. The second-order valence-corrected chi connectivity index (χ2v) is 6.25. The lowest BCUT2D eigenvalue weighted by Gasteiger charge is -2.02. The molecule has 0 amide bonds. The highest BCUT2D eigenvalue weighted by Gasteiger charge is 2.10. The first-order valence-electron chi connectivity index (χ1n) is 10.1. The zero-order chi connectivity index (χ0) is 20.0. The zero-order valence-corrected chi connectivity index (χ0v) is 17.0. The SMILES string of the molecule is CCCCC/C=C/C=C/COC(=O)CC(=O)OC/C=C/C=C/CCCCC.